The van der Waals surface area contributed by atoms with Crippen LogP contribution in [0.25, 0.3) is 0 Å². The van der Waals surface area contributed by atoms with Crippen molar-refractivity contribution in [1.29, 1.82) is 0 Å². The smallest absolute Gasteiger partial charge is 0.139 e. The molecule has 3 aliphatic carbocycles. The Morgan fingerprint density at radius 2 is 2.00 bits per heavy atom. The SMILES string of the molecule is O=C1[C@H]2C[C@H]3CC[C@@H]1[C@@H]2C3. The van der Waals surface area contributed by atoms with Crippen molar-refractivity contribution < 1.29 is 4.79 Å². The Morgan fingerprint density at radius 3 is 2.90 bits per heavy atom. The lowest BCUT2D eigenvalue weighted by molar-refractivity contribution is -0.141. The summed E-state index contributed by atoms with van der Waals surface area (Å²) in [5, 5.41) is 0. The summed E-state index contributed by atoms with van der Waals surface area (Å²) in [5.74, 6) is 3.48. The van der Waals surface area contributed by atoms with Crippen molar-refractivity contribution in [2.24, 2.45) is 23.7 Å². The van der Waals surface area contributed by atoms with E-state index in [9.17, 15) is 4.79 Å². The molecule has 0 aromatic carbocycles. The molecule has 3 fully saturated rings. The number of carbonyl (C=O) groups excluding carboxylic acids is 1. The third-order valence-corrected chi connectivity index (χ3v) is 3.84. The molecule has 0 aromatic heterocycles. The highest BCUT2D eigenvalue weighted by molar-refractivity contribution is 5.90. The van der Waals surface area contributed by atoms with Crippen LogP contribution in [0.2, 0.25) is 0 Å². The van der Waals surface area contributed by atoms with Crippen LogP contribution in [-0.4, -0.2) is 5.78 Å². The lowest BCUT2D eigenvalue weighted by Crippen LogP contribution is -2.44. The first-order valence-corrected chi connectivity index (χ1v) is 4.40. The van der Waals surface area contributed by atoms with E-state index in [1.807, 2.05) is 0 Å². The Labute approximate surface area is 60.8 Å². The minimum atomic E-state index is 0.531. The Balaban J connectivity index is 2.00. The fraction of sp³-hybridized carbons (Fsp3) is 0.889. The van der Waals surface area contributed by atoms with Crippen molar-refractivity contribution in [2.75, 3.05) is 0 Å². The molecule has 3 saturated carbocycles. The second kappa shape index (κ2) is 1.46. The molecular weight excluding hydrogens is 124 g/mol. The monoisotopic (exact) mass is 136 g/mol. The molecule has 1 nitrogen and oxygen atoms in total. The first-order valence-electron chi connectivity index (χ1n) is 4.40. The van der Waals surface area contributed by atoms with Crippen LogP contribution < -0.4 is 0 Å². The molecule has 0 spiro atoms. The fourth-order valence-corrected chi connectivity index (χ4v) is 3.33. The molecule has 0 heterocycles. The van der Waals surface area contributed by atoms with E-state index < -0.39 is 0 Å². The first-order chi connectivity index (χ1) is 4.86. The van der Waals surface area contributed by atoms with Gasteiger partial charge < -0.3 is 0 Å². The zero-order valence-corrected chi connectivity index (χ0v) is 6.05. The van der Waals surface area contributed by atoms with Crippen molar-refractivity contribution in [2.45, 2.75) is 25.7 Å². The summed E-state index contributed by atoms with van der Waals surface area (Å²) >= 11 is 0. The molecule has 4 atom stereocenters. The van der Waals surface area contributed by atoms with Gasteiger partial charge in [-0.2, -0.15) is 0 Å². The van der Waals surface area contributed by atoms with Crippen LogP contribution in [0.5, 0.6) is 0 Å². The van der Waals surface area contributed by atoms with Gasteiger partial charge in [-0.3, -0.25) is 4.79 Å². The first kappa shape index (κ1) is 5.34. The predicted octanol–water partition coefficient (Wildman–Crippen LogP) is 1.62. The highest BCUT2D eigenvalue weighted by Crippen LogP contribution is 2.57. The molecule has 0 saturated heterocycles. The number of fused-ring (bicyclic) bond motifs is 1. The van der Waals surface area contributed by atoms with Crippen LogP contribution in [-0.2, 0) is 4.79 Å². The molecule has 54 valence electrons. The molecule has 0 radical (unpaired) electrons. The molecular formula is C9H12O. The second-order valence-electron chi connectivity index (χ2n) is 4.19. The Kier molecular flexibility index (Phi) is 0.781. The van der Waals surface area contributed by atoms with Crippen LogP contribution in [0.1, 0.15) is 25.7 Å². The summed E-state index contributed by atoms with van der Waals surface area (Å²) in [6.07, 6.45) is 5.22. The average molecular weight is 136 g/mol. The summed E-state index contributed by atoms with van der Waals surface area (Å²) in [7, 11) is 0. The summed E-state index contributed by atoms with van der Waals surface area (Å²) in [6, 6.07) is 0. The van der Waals surface area contributed by atoms with E-state index >= 15 is 0 Å². The van der Waals surface area contributed by atoms with E-state index in [1.54, 1.807) is 0 Å². The van der Waals surface area contributed by atoms with Crippen molar-refractivity contribution in [3.05, 3.63) is 0 Å². The standard InChI is InChI=1S/C9H12O/c10-9-6-2-1-5-3-7(6)8(9)4-5/h5-8H,1-4H2/t5-,6+,7-,8-/m0/s1. The predicted molar refractivity (Wildman–Crippen MR) is 37.4 cm³/mol. The molecule has 2 bridgehead atoms. The second-order valence-corrected chi connectivity index (χ2v) is 4.19. The van der Waals surface area contributed by atoms with E-state index in [-0.39, 0.29) is 0 Å². The van der Waals surface area contributed by atoms with Gasteiger partial charge in [-0.25, -0.2) is 0 Å². The van der Waals surface area contributed by atoms with Crippen molar-refractivity contribution in [1.82, 2.24) is 0 Å². The summed E-state index contributed by atoms with van der Waals surface area (Å²) in [5.41, 5.74) is 0. The van der Waals surface area contributed by atoms with E-state index in [0.29, 0.717) is 17.6 Å². The van der Waals surface area contributed by atoms with Crippen LogP contribution in [0.4, 0.5) is 0 Å². The van der Waals surface area contributed by atoms with Gasteiger partial charge in [0, 0.05) is 11.8 Å². The molecule has 1 heteroatoms. The quantitative estimate of drug-likeness (QED) is 0.494. The van der Waals surface area contributed by atoms with E-state index in [1.165, 1.54) is 25.7 Å². The van der Waals surface area contributed by atoms with Gasteiger partial charge >= 0.3 is 0 Å². The maximum Gasteiger partial charge on any atom is 0.139 e. The number of ketones is 1. The zero-order valence-electron chi connectivity index (χ0n) is 6.05. The van der Waals surface area contributed by atoms with Gasteiger partial charge in [0.1, 0.15) is 5.78 Å². The molecule has 0 N–H and O–H groups in total. The maximum atomic E-state index is 11.3. The molecule has 0 unspecified atom stereocenters. The van der Waals surface area contributed by atoms with Crippen molar-refractivity contribution in [3.8, 4) is 0 Å². The number of hydrogen-bond donors (Lipinski definition) is 0. The van der Waals surface area contributed by atoms with E-state index in [2.05, 4.69) is 0 Å². The van der Waals surface area contributed by atoms with Crippen LogP contribution >= 0.6 is 0 Å². The number of carbonyl (C=O) groups is 1. The number of hydrogen-bond acceptors (Lipinski definition) is 1. The third kappa shape index (κ3) is 0.415. The van der Waals surface area contributed by atoms with Crippen LogP contribution in [0.15, 0.2) is 0 Å². The summed E-state index contributed by atoms with van der Waals surface area (Å²) in [4.78, 5) is 11.3. The van der Waals surface area contributed by atoms with Gasteiger partial charge in [0.2, 0.25) is 0 Å². The third-order valence-electron chi connectivity index (χ3n) is 3.84. The van der Waals surface area contributed by atoms with Crippen LogP contribution in [0, 0.1) is 23.7 Å². The molecule has 3 rings (SSSR count). The van der Waals surface area contributed by atoms with Gasteiger partial charge in [0.15, 0.2) is 0 Å². The minimum absolute atomic E-state index is 0.531. The lowest BCUT2D eigenvalue weighted by atomic mass is 9.63. The Hall–Kier alpha value is -0.330. The van der Waals surface area contributed by atoms with Gasteiger partial charge in [0.05, 0.1) is 0 Å². The molecule has 3 aliphatic rings. The highest BCUT2D eigenvalue weighted by atomic mass is 16.1. The largest absolute Gasteiger partial charge is 0.299 e. The fourth-order valence-electron chi connectivity index (χ4n) is 3.33. The zero-order chi connectivity index (χ0) is 6.72. The van der Waals surface area contributed by atoms with Gasteiger partial charge in [-0.05, 0) is 37.5 Å². The van der Waals surface area contributed by atoms with E-state index in [0.717, 1.165) is 11.8 Å². The molecule has 0 aliphatic heterocycles. The highest BCUT2D eigenvalue weighted by Gasteiger charge is 2.56. The summed E-state index contributed by atoms with van der Waals surface area (Å²) < 4.78 is 0. The lowest BCUT2D eigenvalue weighted by Gasteiger charge is -2.39. The normalized spacial score (nSPS) is 56.6. The molecule has 0 amide bonds. The van der Waals surface area contributed by atoms with Gasteiger partial charge in [0.25, 0.3) is 0 Å². The molecule has 0 aromatic rings. The number of Topliss-reactive ketones (excluding diaryl/α,β-unsaturated/α-hetero) is 1. The van der Waals surface area contributed by atoms with Crippen molar-refractivity contribution in [3.63, 3.8) is 0 Å². The average Bonchev–Trinajstić information content (AvgIpc) is 2.12. The summed E-state index contributed by atoms with van der Waals surface area (Å²) in [6.45, 7) is 0. The Morgan fingerprint density at radius 1 is 1.10 bits per heavy atom. The minimum Gasteiger partial charge on any atom is -0.299 e. The van der Waals surface area contributed by atoms with E-state index in [4.69, 9.17) is 0 Å². The topological polar surface area (TPSA) is 17.1 Å². The Bertz CT molecular complexity index is 189. The van der Waals surface area contributed by atoms with Gasteiger partial charge in [-0.15, -0.1) is 0 Å². The van der Waals surface area contributed by atoms with Gasteiger partial charge in [-0.1, -0.05) is 0 Å². The van der Waals surface area contributed by atoms with Crippen LogP contribution in [0.3, 0.4) is 0 Å². The maximum absolute atomic E-state index is 11.3. The molecule has 10 heavy (non-hydrogen) atoms. The van der Waals surface area contributed by atoms with Crippen molar-refractivity contribution >= 4 is 5.78 Å². The number of rotatable bonds is 0.